The number of pyridine rings is 1. The fourth-order valence-electron chi connectivity index (χ4n) is 4.96. The van der Waals surface area contributed by atoms with E-state index >= 15 is 4.39 Å². The van der Waals surface area contributed by atoms with Gasteiger partial charge in [-0.1, -0.05) is 50.2 Å². The molecule has 6 rings (SSSR count). The van der Waals surface area contributed by atoms with Crippen LogP contribution in [-0.2, 0) is 19.8 Å². The second-order valence-corrected chi connectivity index (χ2v) is 9.37. The lowest BCUT2D eigenvalue weighted by Gasteiger charge is -2.14. The molecular formula is C30H27FNO+. The molecule has 0 bridgehead atoms. The van der Waals surface area contributed by atoms with Crippen molar-refractivity contribution in [1.29, 1.82) is 0 Å². The summed E-state index contributed by atoms with van der Waals surface area (Å²) in [6, 6.07) is 18.0. The molecule has 0 saturated carbocycles. The van der Waals surface area contributed by atoms with Gasteiger partial charge in [0, 0.05) is 22.3 Å². The van der Waals surface area contributed by atoms with Gasteiger partial charge in [0.1, 0.15) is 18.4 Å². The van der Waals surface area contributed by atoms with Crippen LogP contribution < -0.4 is 4.57 Å². The normalized spacial score (nSPS) is 19.7. The molecule has 0 spiro atoms. The summed E-state index contributed by atoms with van der Waals surface area (Å²) in [5.74, 6) is -0.478. The van der Waals surface area contributed by atoms with E-state index < -0.39 is 24.0 Å². The van der Waals surface area contributed by atoms with Gasteiger partial charge < -0.3 is 4.42 Å². The molecule has 1 aliphatic rings. The van der Waals surface area contributed by atoms with E-state index in [1.807, 2.05) is 55.1 Å². The highest BCUT2D eigenvalue weighted by Crippen LogP contribution is 2.42. The Morgan fingerprint density at radius 2 is 1.70 bits per heavy atom. The topological polar surface area (TPSA) is 17.0 Å². The number of benzene rings is 3. The lowest BCUT2D eigenvalue weighted by molar-refractivity contribution is -0.659. The van der Waals surface area contributed by atoms with E-state index in [2.05, 4.69) is 0 Å². The van der Waals surface area contributed by atoms with Crippen molar-refractivity contribution in [2.45, 2.75) is 33.5 Å². The molecule has 0 fully saturated rings. The van der Waals surface area contributed by atoms with Crippen LogP contribution in [0.1, 0.15) is 36.0 Å². The van der Waals surface area contributed by atoms with E-state index in [1.165, 1.54) is 6.07 Å². The Hall–Kier alpha value is -3.46. The quantitative estimate of drug-likeness (QED) is 0.263. The van der Waals surface area contributed by atoms with E-state index in [4.69, 9.17) is 9.90 Å². The van der Waals surface area contributed by atoms with Crippen molar-refractivity contribution in [2.75, 3.05) is 0 Å². The predicted molar refractivity (Wildman–Crippen MR) is 132 cm³/mol. The van der Waals surface area contributed by atoms with Crippen molar-refractivity contribution in [3.63, 3.8) is 0 Å². The van der Waals surface area contributed by atoms with Gasteiger partial charge in [-0.05, 0) is 65.5 Å². The minimum atomic E-state index is -1.94. The highest BCUT2D eigenvalue weighted by Gasteiger charge is 2.29. The van der Waals surface area contributed by atoms with Crippen molar-refractivity contribution < 1.29 is 18.9 Å². The van der Waals surface area contributed by atoms with Gasteiger partial charge in [0.2, 0.25) is 5.58 Å². The maximum Gasteiger partial charge on any atom is 0.256 e. The number of aromatic nitrogens is 1. The number of rotatable bonds is 2. The number of nitrogens with zero attached hydrogens (tertiary/aromatic N) is 1. The Morgan fingerprint density at radius 3 is 2.52 bits per heavy atom. The minimum Gasteiger partial charge on any atom is -0.448 e. The van der Waals surface area contributed by atoms with E-state index in [1.54, 1.807) is 38.1 Å². The van der Waals surface area contributed by atoms with Gasteiger partial charge in [0.15, 0.2) is 6.20 Å². The van der Waals surface area contributed by atoms with Crippen LogP contribution in [0.25, 0.3) is 44.3 Å². The Labute approximate surface area is 198 Å². The van der Waals surface area contributed by atoms with E-state index in [0.717, 1.165) is 27.6 Å². The first-order chi connectivity index (χ1) is 17.4. The Bertz CT molecular complexity index is 1750. The molecule has 0 amide bonds. The summed E-state index contributed by atoms with van der Waals surface area (Å²) < 4.78 is 58.8. The lowest BCUT2D eigenvalue weighted by Crippen LogP contribution is -2.30. The standard InChI is InChI=1S/C30H27FNO/c1-18-7-5-6-8-22(18)27-29-24(13-14-32(27)4)23-11-12-25(31)26(28(23)33-29)19-9-10-20-16-30(2,3)17-21(20)15-19/h5-15H,16-17H2,1-4H3/q+1/i16D2,17D2. The van der Waals surface area contributed by atoms with Crippen molar-refractivity contribution >= 4 is 21.9 Å². The van der Waals surface area contributed by atoms with Crippen LogP contribution in [0.15, 0.2) is 71.3 Å². The summed E-state index contributed by atoms with van der Waals surface area (Å²) >= 11 is 0. The van der Waals surface area contributed by atoms with E-state index in [-0.39, 0.29) is 11.1 Å². The fraction of sp³-hybridized carbons (Fsp3) is 0.233. The smallest absolute Gasteiger partial charge is 0.256 e. The van der Waals surface area contributed by atoms with Crippen LogP contribution in [0.3, 0.4) is 0 Å². The summed E-state index contributed by atoms with van der Waals surface area (Å²) in [5, 5.41) is 1.63. The molecule has 3 aromatic carbocycles. The summed E-state index contributed by atoms with van der Waals surface area (Å²) in [5.41, 5.74) is 4.00. The highest BCUT2D eigenvalue weighted by molar-refractivity contribution is 6.12. The molecule has 33 heavy (non-hydrogen) atoms. The van der Waals surface area contributed by atoms with Crippen LogP contribution >= 0.6 is 0 Å². The zero-order chi connectivity index (χ0) is 26.5. The number of hydrogen-bond acceptors (Lipinski definition) is 1. The van der Waals surface area contributed by atoms with Crippen LogP contribution in [0.4, 0.5) is 4.39 Å². The van der Waals surface area contributed by atoms with Crippen LogP contribution in [0.2, 0.25) is 0 Å². The van der Waals surface area contributed by atoms with Crippen molar-refractivity contribution in [3.8, 4) is 22.4 Å². The maximum absolute atomic E-state index is 15.5. The van der Waals surface area contributed by atoms with E-state index in [0.29, 0.717) is 22.3 Å². The predicted octanol–water partition coefficient (Wildman–Crippen LogP) is 7.32. The van der Waals surface area contributed by atoms with Gasteiger partial charge in [0.25, 0.3) is 5.69 Å². The zero-order valence-corrected chi connectivity index (χ0v) is 19.1. The molecule has 1 aliphatic carbocycles. The van der Waals surface area contributed by atoms with Gasteiger partial charge in [-0.15, -0.1) is 0 Å². The van der Waals surface area contributed by atoms with Crippen LogP contribution in [0.5, 0.6) is 0 Å². The molecule has 0 saturated heterocycles. The third kappa shape index (κ3) is 3.10. The van der Waals surface area contributed by atoms with E-state index in [9.17, 15) is 0 Å². The van der Waals surface area contributed by atoms with Gasteiger partial charge >= 0.3 is 0 Å². The first kappa shape index (κ1) is 16.2. The number of furan rings is 1. The average Bonchev–Trinajstić information content (AvgIpc) is 3.26. The first-order valence-corrected chi connectivity index (χ1v) is 11.1. The number of fused-ring (bicyclic) bond motifs is 4. The molecule has 2 nitrogen and oxygen atoms in total. The zero-order valence-electron chi connectivity index (χ0n) is 23.1. The van der Waals surface area contributed by atoms with Crippen molar-refractivity contribution in [1.82, 2.24) is 0 Å². The summed E-state index contributed by atoms with van der Waals surface area (Å²) in [4.78, 5) is 0. The second-order valence-electron chi connectivity index (χ2n) is 9.37. The monoisotopic (exact) mass is 440 g/mol. The third-order valence-electron chi connectivity index (χ3n) is 6.48. The number of hydrogen-bond donors (Lipinski definition) is 0. The molecule has 0 atom stereocenters. The molecule has 2 aromatic heterocycles. The average molecular weight is 441 g/mol. The molecule has 5 aromatic rings. The molecular weight excluding hydrogens is 409 g/mol. The van der Waals surface area contributed by atoms with Gasteiger partial charge in [-0.3, -0.25) is 0 Å². The number of halogens is 1. The Morgan fingerprint density at radius 1 is 0.939 bits per heavy atom. The lowest BCUT2D eigenvalue weighted by atomic mass is 9.90. The molecule has 0 unspecified atom stereocenters. The van der Waals surface area contributed by atoms with Gasteiger partial charge in [-0.2, -0.15) is 4.57 Å². The molecule has 164 valence electrons. The first-order valence-electron chi connectivity index (χ1n) is 13.1. The maximum atomic E-state index is 15.5. The SMILES string of the molecule is [2H]C1([2H])c2ccc(-c3c(F)ccc4c3oc3c(-c5ccccc5C)[n+](C)ccc34)cc2C([2H])([2H])C1(C)C. The Balaban J connectivity index is 1.65. The van der Waals surface area contributed by atoms with Gasteiger partial charge in [-0.25, -0.2) is 4.39 Å². The van der Waals surface area contributed by atoms with Crippen LogP contribution in [-0.4, -0.2) is 0 Å². The van der Waals surface area contributed by atoms with Crippen molar-refractivity contribution in [2.24, 2.45) is 12.5 Å². The van der Waals surface area contributed by atoms with Crippen LogP contribution in [0, 0.1) is 18.2 Å². The molecule has 0 N–H and O–H groups in total. The molecule has 0 radical (unpaired) electrons. The largest absolute Gasteiger partial charge is 0.448 e. The Kier molecular flexibility index (Phi) is 3.44. The van der Waals surface area contributed by atoms with Gasteiger partial charge in [0.05, 0.1) is 11.1 Å². The highest BCUT2D eigenvalue weighted by atomic mass is 19.1. The van der Waals surface area contributed by atoms with Crippen molar-refractivity contribution in [3.05, 3.63) is 89.4 Å². The minimum absolute atomic E-state index is 0.246. The molecule has 0 aliphatic heterocycles. The summed E-state index contributed by atoms with van der Waals surface area (Å²) in [6.07, 6.45) is -1.84. The summed E-state index contributed by atoms with van der Waals surface area (Å²) in [6.45, 7) is 5.24. The second kappa shape index (κ2) is 7.02. The fourth-order valence-corrected chi connectivity index (χ4v) is 4.96. The summed E-state index contributed by atoms with van der Waals surface area (Å²) in [7, 11) is 1.95. The third-order valence-corrected chi connectivity index (χ3v) is 6.48. The molecule has 3 heteroatoms. The number of aryl methyl sites for hydroxylation is 2. The molecule has 2 heterocycles.